The molecule has 4 heteroatoms. The fourth-order valence-corrected chi connectivity index (χ4v) is 2.34. The van der Waals surface area contributed by atoms with Gasteiger partial charge in [-0.05, 0) is 35.0 Å². The number of fused-ring (bicyclic) bond motifs is 1. The number of nitrogens with zero attached hydrogens (tertiary/aromatic N) is 3. The molecule has 0 aliphatic carbocycles. The van der Waals surface area contributed by atoms with Crippen molar-refractivity contribution in [3.05, 3.63) is 79.3 Å². The van der Waals surface area contributed by atoms with Gasteiger partial charge in [-0.1, -0.05) is 30.3 Å². The second-order valence-electron chi connectivity index (χ2n) is 4.94. The van der Waals surface area contributed by atoms with Crippen molar-refractivity contribution >= 4 is 10.8 Å². The lowest BCUT2D eigenvalue weighted by Gasteiger charge is -2.09. The Morgan fingerprint density at radius 2 is 1.57 bits per heavy atom. The maximum Gasteiger partial charge on any atom is 0.230 e. The molecule has 2 aromatic heterocycles. The normalized spacial score (nSPS) is 10.6. The molecule has 0 saturated carbocycles. The molecule has 2 heterocycles. The standard InChI is InChI=1S/C19H12N3O/c1-2-6-15-13-16(9-8-14(15)5-1)23-19-17(7-3-10-22-19)18-20-11-4-12-21-18/h1-12H. The molecule has 0 atom stereocenters. The van der Waals surface area contributed by atoms with Gasteiger partial charge in [0.25, 0.3) is 0 Å². The van der Waals surface area contributed by atoms with Crippen LogP contribution >= 0.6 is 0 Å². The third-order valence-electron chi connectivity index (χ3n) is 3.42. The molecule has 0 N–H and O–H groups in total. The van der Waals surface area contributed by atoms with Gasteiger partial charge in [0.2, 0.25) is 5.88 Å². The molecule has 0 aliphatic rings. The van der Waals surface area contributed by atoms with Gasteiger partial charge in [-0.15, -0.1) is 0 Å². The maximum atomic E-state index is 5.93. The number of hydrogen-bond donors (Lipinski definition) is 0. The second-order valence-corrected chi connectivity index (χ2v) is 4.94. The molecule has 4 aromatic rings. The summed E-state index contributed by atoms with van der Waals surface area (Å²) >= 11 is 0. The van der Waals surface area contributed by atoms with Crippen LogP contribution in [-0.4, -0.2) is 15.0 Å². The molecule has 109 valence electrons. The fraction of sp³-hybridized carbons (Fsp3) is 0. The van der Waals surface area contributed by atoms with Crippen molar-refractivity contribution in [2.24, 2.45) is 0 Å². The highest BCUT2D eigenvalue weighted by Crippen LogP contribution is 2.30. The van der Waals surface area contributed by atoms with Crippen molar-refractivity contribution in [2.75, 3.05) is 0 Å². The lowest BCUT2D eigenvalue weighted by atomic mass is 10.1. The summed E-state index contributed by atoms with van der Waals surface area (Å²) in [5.41, 5.74) is 0.745. The minimum absolute atomic E-state index is 0.463. The highest BCUT2D eigenvalue weighted by molar-refractivity contribution is 5.83. The number of pyridine rings is 1. The lowest BCUT2D eigenvalue weighted by Crippen LogP contribution is -1.94. The number of hydrogen-bond acceptors (Lipinski definition) is 4. The molecule has 0 amide bonds. The van der Waals surface area contributed by atoms with Crippen LogP contribution in [0.2, 0.25) is 0 Å². The number of benzene rings is 2. The van der Waals surface area contributed by atoms with Crippen LogP contribution in [-0.2, 0) is 0 Å². The minimum atomic E-state index is 0.463. The summed E-state index contributed by atoms with van der Waals surface area (Å²) in [6, 6.07) is 20.7. The van der Waals surface area contributed by atoms with Gasteiger partial charge in [0.15, 0.2) is 5.82 Å². The Kier molecular flexibility index (Phi) is 3.41. The van der Waals surface area contributed by atoms with Gasteiger partial charge in [0.05, 0.1) is 5.56 Å². The van der Waals surface area contributed by atoms with Crippen LogP contribution in [0.3, 0.4) is 0 Å². The predicted octanol–water partition coefficient (Wildman–Crippen LogP) is 4.28. The van der Waals surface area contributed by atoms with Crippen LogP contribution in [0.15, 0.2) is 73.2 Å². The van der Waals surface area contributed by atoms with Gasteiger partial charge >= 0.3 is 0 Å². The molecule has 0 aliphatic heterocycles. The van der Waals surface area contributed by atoms with Gasteiger partial charge < -0.3 is 4.74 Å². The zero-order valence-electron chi connectivity index (χ0n) is 12.2. The number of aromatic nitrogens is 3. The minimum Gasteiger partial charge on any atom is -0.438 e. The van der Waals surface area contributed by atoms with Crippen LogP contribution in [0.5, 0.6) is 11.6 Å². The Morgan fingerprint density at radius 3 is 2.48 bits per heavy atom. The van der Waals surface area contributed by atoms with Gasteiger partial charge in [0, 0.05) is 24.7 Å². The zero-order chi connectivity index (χ0) is 15.5. The highest BCUT2D eigenvalue weighted by atomic mass is 16.5. The first-order chi connectivity index (χ1) is 11.4. The molecule has 0 saturated heterocycles. The predicted molar refractivity (Wildman–Crippen MR) is 88.1 cm³/mol. The molecule has 0 unspecified atom stereocenters. The highest BCUT2D eigenvalue weighted by Gasteiger charge is 2.11. The van der Waals surface area contributed by atoms with E-state index in [2.05, 4.69) is 21.0 Å². The lowest BCUT2D eigenvalue weighted by molar-refractivity contribution is 0.464. The first kappa shape index (κ1) is 13.4. The van der Waals surface area contributed by atoms with Gasteiger partial charge in [0.1, 0.15) is 5.75 Å². The van der Waals surface area contributed by atoms with Gasteiger partial charge in [-0.2, -0.15) is 0 Å². The molecule has 23 heavy (non-hydrogen) atoms. The molecule has 4 nitrogen and oxygen atoms in total. The summed E-state index contributed by atoms with van der Waals surface area (Å²) < 4.78 is 5.93. The number of rotatable bonds is 3. The molecule has 1 radical (unpaired) electrons. The van der Waals surface area contributed by atoms with E-state index in [0.717, 1.165) is 16.3 Å². The first-order valence-corrected chi connectivity index (χ1v) is 7.21. The van der Waals surface area contributed by atoms with E-state index in [1.807, 2.05) is 48.5 Å². The van der Waals surface area contributed by atoms with Crippen molar-refractivity contribution in [3.8, 4) is 23.0 Å². The van der Waals surface area contributed by atoms with E-state index in [-0.39, 0.29) is 0 Å². The molecule has 0 bridgehead atoms. The summed E-state index contributed by atoms with van der Waals surface area (Å²) in [6.07, 6.45) is 5.07. The average molecular weight is 298 g/mol. The Bertz CT molecular complexity index is 955. The Balaban J connectivity index is 1.73. The fourth-order valence-electron chi connectivity index (χ4n) is 2.34. The third kappa shape index (κ3) is 2.74. The summed E-state index contributed by atoms with van der Waals surface area (Å²) in [7, 11) is 0. The topological polar surface area (TPSA) is 47.9 Å². The smallest absolute Gasteiger partial charge is 0.230 e. The first-order valence-electron chi connectivity index (χ1n) is 7.21. The van der Waals surface area contributed by atoms with E-state index >= 15 is 0 Å². The monoisotopic (exact) mass is 298 g/mol. The van der Waals surface area contributed by atoms with Crippen molar-refractivity contribution < 1.29 is 4.74 Å². The average Bonchev–Trinajstić information content (AvgIpc) is 2.63. The van der Waals surface area contributed by atoms with E-state index in [1.165, 1.54) is 0 Å². The largest absolute Gasteiger partial charge is 0.438 e. The van der Waals surface area contributed by atoms with Crippen molar-refractivity contribution in [3.63, 3.8) is 0 Å². The van der Waals surface area contributed by atoms with Gasteiger partial charge in [-0.3, -0.25) is 0 Å². The summed E-state index contributed by atoms with van der Waals surface area (Å²) in [4.78, 5) is 12.8. The Labute approximate surface area is 133 Å². The summed E-state index contributed by atoms with van der Waals surface area (Å²) in [5, 5.41) is 2.12. The molecular formula is C19H12N3O. The molecule has 2 aromatic carbocycles. The quantitative estimate of drug-likeness (QED) is 0.566. The zero-order valence-corrected chi connectivity index (χ0v) is 12.2. The van der Waals surface area contributed by atoms with E-state index in [0.29, 0.717) is 17.5 Å². The maximum absolute atomic E-state index is 5.93. The van der Waals surface area contributed by atoms with Crippen molar-refractivity contribution in [1.82, 2.24) is 15.0 Å². The van der Waals surface area contributed by atoms with E-state index in [1.54, 1.807) is 24.7 Å². The van der Waals surface area contributed by atoms with Crippen LogP contribution in [0.25, 0.3) is 22.2 Å². The van der Waals surface area contributed by atoms with Crippen LogP contribution in [0.4, 0.5) is 0 Å². The van der Waals surface area contributed by atoms with E-state index in [4.69, 9.17) is 4.74 Å². The second kappa shape index (κ2) is 5.85. The van der Waals surface area contributed by atoms with E-state index in [9.17, 15) is 0 Å². The van der Waals surface area contributed by atoms with Crippen molar-refractivity contribution in [2.45, 2.75) is 0 Å². The summed E-state index contributed by atoms with van der Waals surface area (Å²) in [6.45, 7) is 0. The molecular weight excluding hydrogens is 286 g/mol. The van der Waals surface area contributed by atoms with Crippen molar-refractivity contribution in [1.29, 1.82) is 0 Å². The van der Waals surface area contributed by atoms with Crippen LogP contribution in [0.1, 0.15) is 0 Å². The van der Waals surface area contributed by atoms with Crippen LogP contribution < -0.4 is 4.74 Å². The Morgan fingerprint density at radius 1 is 0.739 bits per heavy atom. The SMILES string of the molecule is [c]1c(Oc2ncccc2-c2ncccn2)ccc2ccccc12. The van der Waals surface area contributed by atoms with E-state index < -0.39 is 0 Å². The molecule has 0 fully saturated rings. The summed E-state index contributed by atoms with van der Waals surface area (Å²) in [5.74, 6) is 1.65. The number of ether oxygens (including phenoxy) is 1. The molecule has 0 spiro atoms. The molecule has 4 rings (SSSR count). The van der Waals surface area contributed by atoms with Crippen LogP contribution in [0, 0.1) is 6.07 Å². The Hall–Kier alpha value is -3.27. The third-order valence-corrected chi connectivity index (χ3v) is 3.42. The van der Waals surface area contributed by atoms with Gasteiger partial charge in [-0.25, -0.2) is 15.0 Å².